The standard InChI is InChI=1S/C29H31N3O3S/c1-20-7-9-21(10-8-20)17-30-27(33)26-16-24(35-31-26)18-32(19-25-6-5-15-36-25)28(34)22-11-13-23(14-12-22)29(2,3)4/h5-16H,17-19H2,1-4H3,(H,30,33). The summed E-state index contributed by atoms with van der Waals surface area (Å²) in [4.78, 5) is 28.8. The highest BCUT2D eigenvalue weighted by molar-refractivity contribution is 7.09. The summed E-state index contributed by atoms with van der Waals surface area (Å²) in [5.74, 6) is 0.0248. The van der Waals surface area contributed by atoms with E-state index in [9.17, 15) is 9.59 Å². The third-order valence-electron chi connectivity index (χ3n) is 5.92. The Kier molecular flexibility index (Phi) is 7.70. The second kappa shape index (κ2) is 10.9. The molecule has 6 nitrogen and oxygen atoms in total. The molecule has 2 aromatic heterocycles. The molecule has 0 aliphatic heterocycles. The normalized spacial score (nSPS) is 11.3. The first-order valence-corrected chi connectivity index (χ1v) is 12.8. The Hall–Kier alpha value is -3.71. The maximum atomic E-state index is 13.4. The molecule has 2 amide bonds. The molecule has 0 fully saturated rings. The van der Waals surface area contributed by atoms with Crippen LogP contribution >= 0.6 is 11.3 Å². The lowest BCUT2D eigenvalue weighted by Crippen LogP contribution is -2.29. The topological polar surface area (TPSA) is 75.4 Å². The monoisotopic (exact) mass is 501 g/mol. The number of hydrogen-bond donors (Lipinski definition) is 1. The minimum Gasteiger partial charge on any atom is -0.359 e. The lowest BCUT2D eigenvalue weighted by atomic mass is 9.86. The molecule has 2 heterocycles. The summed E-state index contributed by atoms with van der Waals surface area (Å²) in [7, 11) is 0. The van der Waals surface area contributed by atoms with E-state index in [4.69, 9.17) is 4.52 Å². The van der Waals surface area contributed by atoms with Crippen molar-refractivity contribution in [2.75, 3.05) is 0 Å². The molecule has 4 rings (SSSR count). The van der Waals surface area contributed by atoms with Crippen molar-refractivity contribution in [3.63, 3.8) is 0 Å². The van der Waals surface area contributed by atoms with Gasteiger partial charge in [-0.05, 0) is 47.0 Å². The number of aryl methyl sites for hydroxylation is 1. The van der Waals surface area contributed by atoms with Gasteiger partial charge in [0.2, 0.25) is 0 Å². The molecule has 0 unspecified atom stereocenters. The maximum absolute atomic E-state index is 13.4. The number of aromatic nitrogens is 1. The summed E-state index contributed by atoms with van der Waals surface area (Å²) < 4.78 is 5.45. The van der Waals surface area contributed by atoms with E-state index in [1.54, 1.807) is 22.3 Å². The molecule has 0 saturated carbocycles. The highest BCUT2D eigenvalue weighted by Crippen LogP contribution is 2.24. The summed E-state index contributed by atoms with van der Waals surface area (Å²) in [6, 6.07) is 21.3. The molecule has 36 heavy (non-hydrogen) atoms. The van der Waals surface area contributed by atoms with Crippen molar-refractivity contribution >= 4 is 23.2 Å². The van der Waals surface area contributed by atoms with Gasteiger partial charge in [-0.15, -0.1) is 11.3 Å². The number of thiophene rings is 1. The molecular formula is C29H31N3O3S. The van der Waals surface area contributed by atoms with Crippen LogP contribution in [0.5, 0.6) is 0 Å². The van der Waals surface area contributed by atoms with Crippen LogP contribution in [-0.4, -0.2) is 21.9 Å². The molecule has 0 aliphatic rings. The van der Waals surface area contributed by atoms with Crippen LogP contribution in [0.25, 0.3) is 0 Å². The van der Waals surface area contributed by atoms with Crippen molar-refractivity contribution in [3.8, 4) is 0 Å². The molecule has 2 aromatic carbocycles. The SMILES string of the molecule is Cc1ccc(CNC(=O)c2cc(CN(Cc3cccs3)C(=O)c3ccc(C(C)(C)C)cc3)on2)cc1. The first kappa shape index (κ1) is 25.4. The van der Waals surface area contributed by atoms with E-state index < -0.39 is 0 Å². The minimum absolute atomic E-state index is 0.00843. The van der Waals surface area contributed by atoms with Gasteiger partial charge < -0.3 is 14.7 Å². The van der Waals surface area contributed by atoms with E-state index in [2.05, 4.69) is 31.2 Å². The Morgan fingerprint density at radius 2 is 1.72 bits per heavy atom. The van der Waals surface area contributed by atoms with Gasteiger partial charge in [-0.3, -0.25) is 9.59 Å². The number of benzene rings is 2. The predicted octanol–water partition coefficient (Wildman–Crippen LogP) is 6.11. The molecular weight excluding hydrogens is 470 g/mol. The number of nitrogens with one attached hydrogen (secondary N) is 1. The van der Waals surface area contributed by atoms with E-state index in [1.165, 1.54) is 5.56 Å². The number of nitrogens with zero attached hydrogens (tertiary/aromatic N) is 2. The van der Waals surface area contributed by atoms with Crippen LogP contribution in [0.15, 0.2) is 76.6 Å². The summed E-state index contributed by atoms with van der Waals surface area (Å²) >= 11 is 1.59. The fourth-order valence-corrected chi connectivity index (χ4v) is 4.47. The highest BCUT2D eigenvalue weighted by atomic mass is 32.1. The fraction of sp³-hybridized carbons (Fsp3) is 0.276. The van der Waals surface area contributed by atoms with E-state index in [0.29, 0.717) is 24.4 Å². The average Bonchev–Trinajstić information content (AvgIpc) is 3.55. The van der Waals surface area contributed by atoms with Gasteiger partial charge >= 0.3 is 0 Å². The van der Waals surface area contributed by atoms with Crippen molar-refractivity contribution in [2.24, 2.45) is 0 Å². The number of amides is 2. The lowest BCUT2D eigenvalue weighted by molar-refractivity contribution is 0.0714. The molecule has 0 atom stereocenters. The number of rotatable bonds is 8. The molecule has 4 aromatic rings. The molecule has 0 bridgehead atoms. The van der Waals surface area contributed by atoms with Crippen LogP contribution in [-0.2, 0) is 25.0 Å². The molecule has 0 aliphatic carbocycles. The summed E-state index contributed by atoms with van der Waals surface area (Å²) in [6.45, 7) is 9.49. The van der Waals surface area contributed by atoms with Crippen LogP contribution in [0.3, 0.4) is 0 Å². The Morgan fingerprint density at radius 3 is 2.36 bits per heavy atom. The largest absolute Gasteiger partial charge is 0.359 e. The van der Waals surface area contributed by atoms with Gasteiger partial charge in [-0.2, -0.15) is 0 Å². The maximum Gasteiger partial charge on any atom is 0.273 e. The second-order valence-corrected chi connectivity index (χ2v) is 10.9. The fourth-order valence-electron chi connectivity index (χ4n) is 3.75. The number of carbonyl (C=O) groups excluding carboxylic acids is 2. The minimum atomic E-state index is -0.320. The Morgan fingerprint density at radius 1 is 1.00 bits per heavy atom. The summed E-state index contributed by atoms with van der Waals surface area (Å²) in [6.07, 6.45) is 0. The zero-order valence-electron chi connectivity index (χ0n) is 21.1. The highest BCUT2D eigenvalue weighted by Gasteiger charge is 2.22. The average molecular weight is 502 g/mol. The molecule has 0 spiro atoms. The van der Waals surface area contributed by atoms with Gasteiger partial charge in [-0.1, -0.05) is 74.0 Å². The van der Waals surface area contributed by atoms with Gasteiger partial charge in [0.05, 0.1) is 13.1 Å². The predicted molar refractivity (Wildman–Crippen MR) is 142 cm³/mol. The zero-order chi connectivity index (χ0) is 25.7. The van der Waals surface area contributed by atoms with Crippen molar-refractivity contribution in [1.82, 2.24) is 15.4 Å². The van der Waals surface area contributed by atoms with Crippen LogP contribution < -0.4 is 5.32 Å². The molecule has 1 N–H and O–H groups in total. The van der Waals surface area contributed by atoms with Crippen LogP contribution in [0.4, 0.5) is 0 Å². The number of hydrogen-bond acceptors (Lipinski definition) is 5. The van der Waals surface area contributed by atoms with Crippen LogP contribution in [0.2, 0.25) is 0 Å². The summed E-state index contributed by atoms with van der Waals surface area (Å²) in [5, 5.41) is 8.79. The first-order valence-electron chi connectivity index (χ1n) is 11.9. The second-order valence-electron chi connectivity index (χ2n) is 9.91. The van der Waals surface area contributed by atoms with E-state index in [1.807, 2.05) is 73.0 Å². The van der Waals surface area contributed by atoms with Gasteiger partial charge in [0.15, 0.2) is 11.5 Å². The van der Waals surface area contributed by atoms with Gasteiger partial charge in [-0.25, -0.2) is 0 Å². The van der Waals surface area contributed by atoms with Gasteiger partial charge in [0, 0.05) is 23.1 Å². The van der Waals surface area contributed by atoms with Gasteiger partial charge in [0.1, 0.15) is 0 Å². The Labute approximate surface area is 215 Å². The smallest absolute Gasteiger partial charge is 0.273 e. The molecule has 186 valence electrons. The van der Waals surface area contributed by atoms with E-state index >= 15 is 0 Å². The van der Waals surface area contributed by atoms with Crippen LogP contribution in [0, 0.1) is 6.92 Å². The summed E-state index contributed by atoms with van der Waals surface area (Å²) in [5.41, 5.74) is 4.14. The van der Waals surface area contributed by atoms with E-state index in [-0.39, 0.29) is 29.5 Å². The van der Waals surface area contributed by atoms with Crippen molar-refractivity contribution in [3.05, 3.63) is 111 Å². The zero-order valence-corrected chi connectivity index (χ0v) is 21.9. The lowest BCUT2D eigenvalue weighted by Gasteiger charge is -2.22. The Bertz CT molecular complexity index is 1300. The third-order valence-corrected chi connectivity index (χ3v) is 6.78. The first-order chi connectivity index (χ1) is 17.2. The molecule has 0 radical (unpaired) electrons. The van der Waals surface area contributed by atoms with E-state index in [0.717, 1.165) is 16.0 Å². The Balaban J connectivity index is 1.46. The van der Waals surface area contributed by atoms with Crippen molar-refractivity contribution in [2.45, 2.75) is 52.7 Å². The molecule has 0 saturated heterocycles. The van der Waals surface area contributed by atoms with Crippen molar-refractivity contribution in [1.29, 1.82) is 0 Å². The van der Waals surface area contributed by atoms with Crippen molar-refractivity contribution < 1.29 is 14.1 Å². The quantitative estimate of drug-likeness (QED) is 0.316. The third kappa shape index (κ3) is 6.49. The van der Waals surface area contributed by atoms with Crippen LogP contribution in [0.1, 0.15) is 68.9 Å². The molecule has 7 heteroatoms. The van der Waals surface area contributed by atoms with Gasteiger partial charge in [0.25, 0.3) is 11.8 Å². The number of carbonyl (C=O) groups is 2.